The van der Waals surface area contributed by atoms with Crippen LogP contribution in [0.3, 0.4) is 0 Å². The van der Waals surface area contributed by atoms with Crippen LogP contribution in [0, 0.1) is 5.92 Å². The number of hydrogen-bond donors (Lipinski definition) is 0. The van der Waals surface area contributed by atoms with Gasteiger partial charge < -0.3 is 9.80 Å². The molecule has 5 rings (SSSR count). The summed E-state index contributed by atoms with van der Waals surface area (Å²) in [5.41, 5.74) is 1.38. The number of hydrogen-bond acceptors (Lipinski definition) is 4. The summed E-state index contributed by atoms with van der Waals surface area (Å²) in [6, 6.07) is 5.47. The van der Waals surface area contributed by atoms with Crippen molar-refractivity contribution in [3.8, 4) is 0 Å². The molecule has 0 aliphatic carbocycles. The number of benzene rings is 1. The maximum atomic E-state index is 13.2. The van der Waals surface area contributed by atoms with Crippen molar-refractivity contribution in [2.75, 3.05) is 32.7 Å². The van der Waals surface area contributed by atoms with E-state index in [1.807, 2.05) is 27.7 Å². The fraction of sp³-hybridized carbons (Fsp3) is 0.640. The van der Waals surface area contributed by atoms with Crippen LogP contribution in [-0.4, -0.2) is 58.0 Å². The van der Waals surface area contributed by atoms with Crippen molar-refractivity contribution >= 4 is 16.8 Å². The van der Waals surface area contributed by atoms with Gasteiger partial charge in [-0.1, -0.05) is 12.8 Å². The summed E-state index contributed by atoms with van der Waals surface area (Å²) >= 11 is 0. The highest BCUT2D eigenvalue weighted by molar-refractivity contribution is 5.97. The molecule has 3 aliphatic heterocycles. The first-order chi connectivity index (χ1) is 15.2. The van der Waals surface area contributed by atoms with E-state index < -0.39 is 0 Å². The average molecular weight is 423 g/mol. The molecule has 0 unspecified atom stereocenters. The second kappa shape index (κ2) is 9.11. The average Bonchev–Trinajstić information content (AvgIpc) is 3.28. The van der Waals surface area contributed by atoms with Crippen LogP contribution in [-0.2, 0) is 13.0 Å². The molecule has 0 saturated carbocycles. The van der Waals surface area contributed by atoms with E-state index in [1.54, 1.807) is 0 Å². The van der Waals surface area contributed by atoms with Crippen molar-refractivity contribution in [1.82, 2.24) is 19.4 Å². The van der Waals surface area contributed by atoms with E-state index >= 15 is 0 Å². The summed E-state index contributed by atoms with van der Waals surface area (Å²) in [6.07, 6.45) is 10.2. The molecule has 2 saturated heterocycles. The maximum absolute atomic E-state index is 13.2. The minimum atomic E-state index is 0.0450. The van der Waals surface area contributed by atoms with Gasteiger partial charge in [0, 0.05) is 38.2 Å². The van der Waals surface area contributed by atoms with Gasteiger partial charge in [0.1, 0.15) is 5.82 Å². The third-order valence-corrected chi connectivity index (χ3v) is 7.43. The second-order valence-electron chi connectivity index (χ2n) is 9.62. The molecule has 0 radical (unpaired) electrons. The molecular formula is C25H34N4O2. The molecule has 1 amide bonds. The van der Waals surface area contributed by atoms with E-state index in [2.05, 4.69) is 4.90 Å². The van der Waals surface area contributed by atoms with Gasteiger partial charge in [-0.2, -0.15) is 0 Å². The van der Waals surface area contributed by atoms with Crippen LogP contribution in [0.4, 0.5) is 0 Å². The molecule has 4 heterocycles. The third-order valence-electron chi connectivity index (χ3n) is 7.43. The Kier molecular flexibility index (Phi) is 6.08. The Bertz CT molecular complexity index is 1000. The molecule has 2 aromatic rings. The highest BCUT2D eigenvalue weighted by atomic mass is 16.2. The van der Waals surface area contributed by atoms with E-state index in [9.17, 15) is 9.59 Å². The lowest BCUT2D eigenvalue weighted by molar-refractivity contribution is 0.0673. The minimum absolute atomic E-state index is 0.0450. The standard InChI is InChI=1S/C25H34N4O2/c30-24(28-15-10-19(11-16-28)18-27-12-5-6-13-27)20-8-9-21-22(17-20)26-23-7-3-1-2-4-14-29(23)25(21)31/h8-9,17,19H,1-7,10-16,18H2. The Hall–Kier alpha value is -2.21. The molecule has 1 aromatic carbocycles. The summed E-state index contributed by atoms with van der Waals surface area (Å²) < 4.78 is 1.86. The van der Waals surface area contributed by atoms with Crippen molar-refractivity contribution in [2.24, 2.45) is 5.92 Å². The van der Waals surface area contributed by atoms with Crippen molar-refractivity contribution < 1.29 is 4.79 Å². The Morgan fingerprint density at radius 1 is 0.935 bits per heavy atom. The molecule has 2 fully saturated rings. The number of amides is 1. The van der Waals surface area contributed by atoms with E-state index in [0.29, 0.717) is 22.4 Å². The monoisotopic (exact) mass is 422 g/mol. The first kappa shape index (κ1) is 20.7. The number of carbonyl (C=O) groups is 1. The molecule has 0 atom stereocenters. The molecule has 166 valence electrons. The third kappa shape index (κ3) is 4.40. The quantitative estimate of drug-likeness (QED) is 0.760. The molecule has 3 aliphatic rings. The number of piperidine rings is 1. The first-order valence-electron chi connectivity index (χ1n) is 12.2. The van der Waals surface area contributed by atoms with Gasteiger partial charge in [0.25, 0.3) is 11.5 Å². The molecule has 0 spiro atoms. The zero-order chi connectivity index (χ0) is 21.2. The Labute approximate surface area is 184 Å². The fourth-order valence-electron chi connectivity index (χ4n) is 5.56. The lowest BCUT2D eigenvalue weighted by Gasteiger charge is -2.34. The van der Waals surface area contributed by atoms with Crippen molar-refractivity contribution in [1.29, 1.82) is 0 Å². The predicted molar refractivity (Wildman–Crippen MR) is 122 cm³/mol. The molecule has 6 heteroatoms. The van der Waals surface area contributed by atoms with E-state index in [-0.39, 0.29) is 11.5 Å². The van der Waals surface area contributed by atoms with Crippen molar-refractivity contribution in [3.63, 3.8) is 0 Å². The molecular weight excluding hydrogens is 388 g/mol. The van der Waals surface area contributed by atoms with Gasteiger partial charge >= 0.3 is 0 Å². The summed E-state index contributed by atoms with van der Waals surface area (Å²) in [5, 5.41) is 0.630. The Morgan fingerprint density at radius 3 is 2.48 bits per heavy atom. The fourth-order valence-corrected chi connectivity index (χ4v) is 5.56. The van der Waals surface area contributed by atoms with Gasteiger partial charge in [0.15, 0.2) is 0 Å². The van der Waals surface area contributed by atoms with Crippen molar-refractivity contribution in [3.05, 3.63) is 39.9 Å². The number of rotatable bonds is 3. The molecule has 0 N–H and O–H groups in total. The normalized spacial score (nSPS) is 21.1. The van der Waals surface area contributed by atoms with Crippen LogP contribution >= 0.6 is 0 Å². The first-order valence-corrected chi connectivity index (χ1v) is 12.2. The van der Waals surface area contributed by atoms with Gasteiger partial charge in [0.2, 0.25) is 0 Å². The van der Waals surface area contributed by atoms with Crippen molar-refractivity contribution in [2.45, 2.75) is 64.3 Å². The number of likely N-dealkylation sites (tertiary alicyclic amines) is 2. The summed E-state index contributed by atoms with van der Waals surface area (Å²) in [5.74, 6) is 1.67. The topological polar surface area (TPSA) is 58.4 Å². The Morgan fingerprint density at radius 2 is 1.68 bits per heavy atom. The molecule has 31 heavy (non-hydrogen) atoms. The van der Waals surface area contributed by atoms with Gasteiger partial charge in [-0.15, -0.1) is 0 Å². The maximum Gasteiger partial charge on any atom is 0.261 e. The predicted octanol–water partition coefficient (Wildman–Crippen LogP) is 3.46. The lowest BCUT2D eigenvalue weighted by Crippen LogP contribution is -2.41. The molecule has 0 bridgehead atoms. The highest BCUT2D eigenvalue weighted by Crippen LogP contribution is 2.23. The Balaban J connectivity index is 1.31. The zero-order valence-electron chi connectivity index (χ0n) is 18.5. The van der Waals surface area contributed by atoms with Crippen LogP contribution in [0.5, 0.6) is 0 Å². The zero-order valence-corrected chi connectivity index (χ0v) is 18.5. The van der Waals surface area contributed by atoms with Crippen LogP contribution in [0.2, 0.25) is 0 Å². The van der Waals surface area contributed by atoms with E-state index in [0.717, 1.165) is 57.6 Å². The highest BCUT2D eigenvalue weighted by Gasteiger charge is 2.26. The number of aromatic nitrogens is 2. The SMILES string of the molecule is O=C(c1ccc2c(=O)n3c(nc2c1)CCCCCC3)N1CCC(CN2CCCC2)CC1. The summed E-state index contributed by atoms with van der Waals surface area (Å²) in [7, 11) is 0. The molecule has 6 nitrogen and oxygen atoms in total. The van der Waals surface area contributed by atoms with Crippen LogP contribution < -0.4 is 5.56 Å². The van der Waals surface area contributed by atoms with E-state index in [4.69, 9.17) is 4.98 Å². The van der Waals surface area contributed by atoms with Gasteiger partial charge in [-0.25, -0.2) is 4.98 Å². The number of carbonyl (C=O) groups excluding carboxylic acids is 1. The minimum Gasteiger partial charge on any atom is -0.339 e. The van der Waals surface area contributed by atoms with Gasteiger partial charge in [0.05, 0.1) is 10.9 Å². The number of nitrogens with zero attached hydrogens (tertiary/aromatic N) is 4. The largest absolute Gasteiger partial charge is 0.339 e. The number of aryl methyl sites for hydroxylation is 1. The van der Waals surface area contributed by atoms with Gasteiger partial charge in [-0.3, -0.25) is 14.2 Å². The summed E-state index contributed by atoms with van der Waals surface area (Å²) in [6.45, 7) is 6.09. The van der Waals surface area contributed by atoms with Crippen LogP contribution in [0.25, 0.3) is 10.9 Å². The van der Waals surface area contributed by atoms with Crippen LogP contribution in [0.15, 0.2) is 23.0 Å². The number of fused-ring (bicyclic) bond motifs is 2. The smallest absolute Gasteiger partial charge is 0.261 e. The summed E-state index contributed by atoms with van der Waals surface area (Å²) in [4.78, 5) is 35.6. The lowest BCUT2D eigenvalue weighted by atomic mass is 9.95. The van der Waals surface area contributed by atoms with E-state index in [1.165, 1.54) is 45.3 Å². The van der Waals surface area contributed by atoms with Gasteiger partial charge in [-0.05, 0) is 75.7 Å². The van der Waals surface area contributed by atoms with Crippen LogP contribution in [0.1, 0.15) is 67.5 Å². The molecule has 1 aromatic heterocycles. The second-order valence-corrected chi connectivity index (χ2v) is 9.62.